The molecule has 1 saturated heterocycles. The Labute approximate surface area is 171 Å². The molecule has 4 rings (SSSR count). The van der Waals surface area contributed by atoms with Crippen LogP contribution in [-0.2, 0) is 0 Å². The van der Waals surface area contributed by atoms with Gasteiger partial charge in [-0.25, -0.2) is 4.98 Å². The second kappa shape index (κ2) is 8.59. The Morgan fingerprint density at radius 2 is 1.64 bits per heavy atom. The first-order chi connectivity index (χ1) is 13.7. The maximum Gasteiger partial charge on any atom is 0.229 e. The minimum absolute atomic E-state index is 0.594. The van der Waals surface area contributed by atoms with Crippen LogP contribution in [0.1, 0.15) is 6.92 Å². The Hall–Kier alpha value is -2.63. The average molecular weight is 394 g/mol. The molecule has 1 aliphatic rings. The van der Waals surface area contributed by atoms with E-state index in [0.29, 0.717) is 11.0 Å². The molecule has 5 nitrogen and oxygen atoms in total. The Morgan fingerprint density at radius 3 is 2.32 bits per heavy atom. The third-order valence-electron chi connectivity index (χ3n) is 5.03. The van der Waals surface area contributed by atoms with Gasteiger partial charge in [0.1, 0.15) is 5.82 Å². The fourth-order valence-corrected chi connectivity index (χ4v) is 3.49. The van der Waals surface area contributed by atoms with E-state index in [1.807, 2.05) is 42.5 Å². The zero-order chi connectivity index (χ0) is 19.3. The number of halogens is 1. The van der Waals surface area contributed by atoms with Crippen molar-refractivity contribution in [3.63, 3.8) is 0 Å². The van der Waals surface area contributed by atoms with Gasteiger partial charge in [-0.15, -0.1) is 0 Å². The van der Waals surface area contributed by atoms with Crippen LogP contribution in [0.15, 0.2) is 60.7 Å². The molecule has 0 bridgehead atoms. The largest absolute Gasteiger partial charge is 0.354 e. The highest BCUT2D eigenvalue weighted by Crippen LogP contribution is 2.26. The summed E-state index contributed by atoms with van der Waals surface area (Å²) in [5.74, 6) is 1.55. The molecule has 0 saturated carbocycles. The summed E-state index contributed by atoms with van der Waals surface area (Å²) in [6.45, 7) is 7.36. The predicted octanol–water partition coefficient (Wildman–Crippen LogP) is 4.68. The highest BCUT2D eigenvalue weighted by atomic mass is 35.5. The lowest BCUT2D eigenvalue weighted by Gasteiger charge is -2.35. The molecular formula is C22H24ClN5. The van der Waals surface area contributed by atoms with Crippen molar-refractivity contribution in [2.75, 3.05) is 42.9 Å². The Morgan fingerprint density at radius 1 is 0.929 bits per heavy atom. The van der Waals surface area contributed by atoms with Crippen LogP contribution in [0.25, 0.3) is 11.3 Å². The zero-order valence-electron chi connectivity index (χ0n) is 16.0. The van der Waals surface area contributed by atoms with Gasteiger partial charge < -0.3 is 15.1 Å². The summed E-state index contributed by atoms with van der Waals surface area (Å²) in [6, 6.07) is 19.9. The van der Waals surface area contributed by atoms with Gasteiger partial charge >= 0.3 is 0 Å². The number of hydrogen-bond donors (Lipinski definition) is 1. The fraction of sp³-hybridized carbons (Fsp3) is 0.273. The molecule has 0 unspecified atom stereocenters. The van der Waals surface area contributed by atoms with Crippen LogP contribution in [0.4, 0.5) is 17.5 Å². The van der Waals surface area contributed by atoms with Crippen LogP contribution in [0, 0.1) is 0 Å². The molecule has 1 aromatic heterocycles. The lowest BCUT2D eigenvalue weighted by atomic mass is 10.1. The number of piperazine rings is 1. The van der Waals surface area contributed by atoms with Gasteiger partial charge in [0.25, 0.3) is 0 Å². The lowest BCUT2D eigenvalue weighted by molar-refractivity contribution is 0.270. The number of hydrogen-bond acceptors (Lipinski definition) is 5. The van der Waals surface area contributed by atoms with Crippen molar-refractivity contribution in [3.8, 4) is 11.3 Å². The summed E-state index contributed by atoms with van der Waals surface area (Å²) in [6.07, 6.45) is 0. The normalized spacial score (nSPS) is 14.9. The SMILES string of the molecule is CCN1CCN(c2cc(-c3ccccc3)nc(Nc3ccc(Cl)cc3)n2)CC1. The summed E-state index contributed by atoms with van der Waals surface area (Å²) >= 11 is 6.00. The van der Waals surface area contributed by atoms with Crippen LogP contribution >= 0.6 is 11.6 Å². The molecule has 0 spiro atoms. The van der Waals surface area contributed by atoms with E-state index in [2.05, 4.69) is 40.2 Å². The van der Waals surface area contributed by atoms with Crippen LogP contribution in [0.5, 0.6) is 0 Å². The summed E-state index contributed by atoms with van der Waals surface area (Å²) in [5.41, 5.74) is 2.91. The quantitative estimate of drug-likeness (QED) is 0.681. The van der Waals surface area contributed by atoms with Crippen molar-refractivity contribution in [1.29, 1.82) is 0 Å². The predicted molar refractivity (Wildman–Crippen MR) is 117 cm³/mol. The number of nitrogens with one attached hydrogen (secondary N) is 1. The maximum atomic E-state index is 6.00. The van der Waals surface area contributed by atoms with Crippen LogP contribution in [0.3, 0.4) is 0 Å². The van der Waals surface area contributed by atoms with E-state index in [9.17, 15) is 0 Å². The first-order valence-electron chi connectivity index (χ1n) is 9.65. The number of likely N-dealkylation sites (N-methyl/N-ethyl adjacent to an activating group) is 1. The second-order valence-corrected chi connectivity index (χ2v) is 7.29. The van der Waals surface area contributed by atoms with E-state index >= 15 is 0 Å². The number of aromatic nitrogens is 2. The van der Waals surface area contributed by atoms with Crippen molar-refractivity contribution in [1.82, 2.24) is 14.9 Å². The van der Waals surface area contributed by atoms with Gasteiger partial charge in [-0.05, 0) is 30.8 Å². The van der Waals surface area contributed by atoms with E-state index in [4.69, 9.17) is 21.6 Å². The van der Waals surface area contributed by atoms with Crippen molar-refractivity contribution >= 4 is 29.1 Å². The third-order valence-corrected chi connectivity index (χ3v) is 5.28. The molecule has 0 radical (unpaired) electrons. The number of rotatable bonds is 5. The zero-order valence-corrected chi connectivity index (χ0v) is 16.7. The molecular weight excluding hydrogens is 370 g/mol. The number of benzene rings is 2. The maximum absolute atomic E-state index is 6.00. The van der Waals surface area contributed by atoms with E-state index < -0.39 is 0 Å². The molecule has 28 heavy (non-hydrogen) atoms. The summed E-state index contributed by atoms with van der Waals surface area (Å²) < 4.78 is 0. The molecule has 6 heteroatoms. The molecule has 1 N–H and O–H groups in total. The van der Waals surface area contributed by atoms with Crippen LogP contribution < -0.4 is 10.2 Å². The molecule has 0 aliphatic carbocycles. The van der Waals surface area contributed by atoms with Crippen LogP contribution in [-0.4, -0.2) is 47.6 Å². The first-order valence-corrected chi connectivity index (χ1v) is 10.0. The Balaban J connectivity index is 1.66. The second-order valence-electron chi connectivity index (χ2n) is 6.85. The van der Waals surface area contributed by atoms with Gasteiger partial charge in [0.2, 0.25) is 5.95 Å². The highest BCUT2D eigenvalue weighted by Gasteiger charge is 2.18. The summed E-state index contributed by atoms with van der Waals surface area (Å²) in [7, 11) is 0. The average Bonchev–Trinajstić information content (AvgIpc) is 2.76. The summed E-state index contributed by atoms with van der Waals surface area (Å²) in [5, 5.41) is 4.03. The van der Waals surface area contributed by atoms with E-state index in [0.717, 1.165) is 55.5 Å². The van der Waals surface area contributed by atoms with Gasteiger partial charge in [0.15, 0.2) is 0 Å². The van der Waals surface area contributed by atoms with E-state index in [1.54, 1.807) is 0 Å². The minimum Gasteiger partial charge on any atom is -0.354 e. The number of anilines is 3. The fourth-order valence-electron chi connectivity index (χ4n) is 3.36. The van der Waals surface area contributed by atoms with Crippen LogP contribution in [0.2, 0.25) is 5.02 Å². The Kier molecular flexibility index (Phi) is 5.74. The molecule has 1 aliphatic heterocycles. The van der Waals surface area contributed by atoms with Crippen molar-refractivity contribution in [3.05, 3.63) is 65.7 Å². The molecule has 3 aromatic rings. The minimum atomic E-state index is 0.594. The summed E-state index contributed by atoms with van der Waals surface area (Å²) in [4.78, 5) is 14.4. The van der Waals surface area contributed by atoms with Crippen molar-refractivity contribution < 1.29 is 0 Å². The molecule has 144 valence electrons. The molecule has 0 atom stereocenters. The Bertz CT molecular complexity index is 906. The molecule has 2 aromatic carbocycles. The first kappa shape index (κ1) is 18.7. The van der Waals surface area contributed by atoms with Gasteiger partial charge in [0.05, 0.1) is 5.69 Å². The van der Waals surface area contributed by atoms with Gasteiger partial charge in [0, 0.05) is 48.5 Å². The van der Waals surface area contributed by atoms with Crippen molar-refractivity contribution in [2.24, 2.45) is 0 Å². The molecule has 2 heterocycles. The topological polar surface area (TPSA) is 44.3 Å². The molecule has 0 amide bonds. The van der Waals surface area contributed by atoms with Gasteiger partial charge in [-0.2, -0.15) is 4.98 Å². The third kappa shape index (κ3) is 4.43. The molecule has 1 fully saturated rings. The van der Waals surface area contributed by atoms with Gasteiger partial charge in [-0.3, -0.25) is 0 Å². The van der Waals surface area contributed by atoms with Gasteiger partial charge in [-0.1, -0.05) is 48.9 Å². The van der Waals surface area contributed by atoms with E-state index in [-0.39, 0.29) is 0 Å². The number of nitrogens with zero attached hydrogens (tertiary/aromatic N) is 4. The standard InChI is InChI=1S/C22H24ClN5/c1-2-27-12-14-28(15-13-27)21-16-20(17-6-4-3-5-7-17)25-22(26-21)24-19-10-8-18(23)9-11-19/h3-11,16H,2,12-15H2,1H3,(H,24,25,26). The van der Waals surface area contributed by atoms with Crippen molar-refractivity contribution in [2.45, 2.75) is 6.92 Å². The smallest absolute Gasteiger partial charge is 0.229 e. The monoisotopic (exact) mass is 393 g/mol. The lowest BCUT2D eigenvalue weighted by Crippen LogP contribution is -2.46. The highest BCUT2D eigenvalue weighted by molar-refractivity contribution is 6.30. The van der Waals surface area contributed by atoms with E-state index in [1.165, 1.54) is 0 Å².